The molecule has 0 aliphatic carbocycles. The molecule has 2 heterocycles. The van der Waals surface area contributed by atoms with Gasteiger partial charge in [-0.15, -0.1) is 0 Å². The molecule has 0 radical (unpaired) electrons. The summed E-state index contributed by atoms with van der Waals surface area (Å²) in [5, 5.41) is 2.71. The maximum atomic E-state index is 11.7. The fraction of sp³-hybridized carbons (Fsp3) is 0.400. The first-order chi connectivity index (χ1) is 6.61. The van der Waals surface area contributed by atoms with Gasteiger partial charge in [0.05, 0.1) is 11.3 Å². The standard InChI is InChI=1S/C10H12N2O2/c1-6-5-12(2)9-7(13)3-4-11-10(14)8(6)9/h5H,3-4H2,1-2H3,(H,11,14). The summed E-state index contributed by atoms with van der Waals surface area (Å²) in [6.45, 7) is 2.28. The van der Waals surface area contributed by atoms with E-state index < -0.39 is 0 Å². The van der Waals surface area contributed by atoms with Crippen molar-refractivity contribution in [3.05, 3.63) is 23.0 Å². The fourth-order valence-electron chi connectivity index (χ4n) is 1.90. The molecule has 1 N–H and O–H groups in total. The van der Waals surface area contributed by atoms with Crippen molar-refractivity contribution in [2.24, 2.45) is 7.05 Å². The third-order valence-electron chi connectivity index (χ3n) is 2.50. The van der Waals surface area contributed by atoms with Crippen molar-refractivity contribution in [2.45, 2.75) is 13.3 Å². The van der Waals surface area contributed by atoms with Crippen LogP contribution in [0.15, 0.2) is 6.20 Å². The van der Waals surface area contributed by atoms with Crippen molar-refractivity contribution in [1.82, 2.24) is 9.88 Å². The number of fused-ring (bicyclic) bond motifs is 1. The van der Waals surface area contributed by atoms with Gasteiger partial charge >= 0.3 is 0 Å². The molecule has 0 spiro atoms. The molecule has 1 amide bonds. The van der Waals surface area contributed by atoms with E-state index in [-0.39, 0.29) is 11.7 Å². The molecule has 14 heavy (non-hydrogen) atoms. The lowest BCUT2D eigenvalue weighted by Gasteiger charge is -2.00. The van der Waals surface area contributed by atoms with E-state index in [0.717, 1.165) is 5.56 Å². The lowest BCUT2D eigenvalue weighted by molar-refractivity contribution is 0.0955. The number of nitrogens with zero attached hydrogens (tertiary/aromatic N) is 1. The molecular weight excluding hydrogens is 180 g/mol. The highest BCUT2D eigenvalue weighted by atomic mass is 16.2. The van der Waals surface area contributed by atoms with Crippen molar-refractivity contribution in [3.63, 3.8) is 0 Å². The second-order valence-corrected chi connectivity index (χ2v) is 3.58. The van der Waals surface area contributed by atoms with Gasteiger partial charge in [-0.1, -0.05) is 0 Å². The number of hydrogen-bond donors (Lipinski definition) is 1. The molecule has 0 saturated carbocycles. The Bertz CT molecular complexity index is 382. The average molecular weight is 192 g/mol. The van der Waals surface area contributed by atoms with Crippen LogP contribution in [0.25, 0.3) is 0 Å². The number of Topliss-reactive ketones (excluding diaryl/α,β-unsaturated/α-hetero) is 1. The smallest absolute Gasteiger partial charge is 0.253 e. The first-order valence-corrected chi connectivity index (χ1v) is 4.58. The predicted octanol–water partition coefficient (Wildman–Crippen LogP) is 0.650. The summed E-state index contributed by atoms with van der Waals surface area (Å²) in [5.74, 6) is -0.0992. The van der Waals surface area contributed by atoms with Gasteiger partial charge in [-0.05, 0) is 12.5 Å². The van der Waals surface area contributed by atoms with Crippen molar-refractivity contribution in [3.8, 4) is 0 Å². The third-order valence-corrected chi connectivity index (χ3v) is 2.50. The van der Waals surface area contributed by atoms with E-state index in [4.69, 9.17) is 0 Å². The highest BCUT2D eigenvalue weighted by Gasteiger charge is 2.25. The third kappa shape index (κ3) is 1.14. The van der Waals surface area contributed by atoms with E-state index in [0.29, 0.717) is 24.2 Å². The van der Waals surface area contributed by atoms with Crippen LogP contribution in [0.2, 0.25) is 0 Å². The number of ketones is 1. The molecule has 74 valence electrons. The zero-order valence-corrected chi connectivity index (χ0v) is 8.26. The highest BCUT2D eigenvalue weighted by molar-refractivity contribution is 6.09. The van der Waals surface area contributed by atoms with E-state index >= 15 is 0 Å². The molecule has 4 heteroatoms. The summed E-state index contributed by atoms with van der Waals surface area (Å²) in [5.41, 5.74) is 1.93. The zero-order valence-electron chi connectivity index (χ0n) is 8.26. The lowest BCUT2D eigenvalue weighted by atomic mass is 10.1. The summed E-state index contributed by atoms with van der Waals surface area (Å²) in [4.78, 5) is 23.3. The van der Waals surface area contributed by atoms with Crippen molar-refractivity contribution in [1.29, 1.82) is 0 Å². The zero-order chi connectivity index (χ0) is 10.3. The monoisotopic (exact) mass is 192 g/mol. The van der Waals surface area contributed by atoms with E-state index in [1.807, 2.05) is 13.1 Å². The molecule has 2 rings (SSSR count). The number of hydrogen-bond acceptors (Lipinski definition) is 2. The topological polar surface area (TPSA) is 51.1 Å². The number of amides is 1. The Kier molecular flexibility index (Phi) is 1.91. The number of aryl methyl sites for hydroxylation is 2. The molecule has 0 fully saturated rings. The van der Waals surface area contributed by atoms with Crippen molar-refractivity contribution in [2.75, 3.05) is 6.54 Å². The van der Waals surface area contributed by atoms with Gasteiger partial charge in [0.1, 0.15) is 0 Å². The molecule has 1 aliphatic rings. The second kappa shape index (κ2) is 2.97. The Morgan fingerprint density at radius 3 is 2.86 bits per heavy atom. The van der Waals surface area contributed by atoms with Gasteiger partial charge in [0, 0.05) is 26.2 Å². The van der Waals surface area contributed by atoms with Gasteiger partial charge in [-0.2, -0.15) is 0 Å². The number of nitrogens with one attached hydrogen (secondary N) is 1. The highest BCUT2D eigenvalue weighted by Crippen LogP contribution is 2.19. The Labute approximate surface area is 81.9 Å². The number of carbonyl (C=O) groups excluding carboxylic acids is 2. The number of carbonyl (C=O) groups is 2. The first-order valence-electron chi connectivity index (χ1n) is 4.58. The Morgan fingerprint density at radius 2 is 2.14 bits per heavy atom. The van der Waals surface area contributed by atoms with Crippen LogP contribution in [-0.2, 0) is 7.05 Å². The fourth-order valence-corrected chi connectivity index (χ4v) is 1.90. The van der Waals surface area contributed by atoms with Gasteiger partial charge in [0.2, 0.25) is 0 Å². The molecular formula is C10H12N2O2. The maximum absolute atomic E-state index is 11.7. The van der Waals surface area contributed by atoms with Crippen LogP contribution in [0.3, 0.4) is 0 Å². The van der Waals surface area contributed by atoms with Gasteiger partial charge in [0.15, 0.2) is 5.78 Å². The molecule has 0 atom stereocenters. The molecule has 0 aromatic carbocycles. The average Bonchev–Trinajstić information content (AvgIpc) is 2.30. The lowest BCUT2D eigenvalue weighted by Crippen LogP contribution is -2.22. The largest absolute Gasteiger partial charge is 0.352 e. The molecule has 0 bridgehead atoms. The minimum Gasteiger partial charge on any atom is -0.352 e. The van der Waals surface area contributed by atoms with Gasteiger partial charge < -0.3 is 9.88 Å². The van der Waals surface area contributed by atoms with E-state index in [2.05, 4.69) is 5.32 Å². The Hall–Kier alpha value is -1.58. The Balaban J connectivity index is 2.68. The first kappa shape index (κ1) is 8.99. The van der Waals surface area contributed by atoms with E-state index in [1.165, 1.54) is 0 Å². The molecule has 1 aliphatic heterocycles. The molecule has 4 nitrogen and oxygen atoms in total. The quantitative estimate of drug-likeness (QED) is 0.656. The van der Waals surface area contributed by atoms with Crippen LogP contribution in [0.4, 0.5) is 0 Å². The summed E-state index contributed by atoms with van der Waals surface area (Å²) in [6, 6.07) is 0. The van der Waals surface area contributed by atoms with Crippen LogP contribution < -0.4 is 5.32 Å². The minimum atomic E-state index is -0.135. The van der Waals surface area contributed by atoms with Gasteiger partial charge in [-0.25, -0.2) is 0 Å². The van der Waals surface area contributed by atoms with Crippen LogP contribution in [0.1, 0.15) is 32.8 Å². The van der Waals surface area contributed by atoms with Crippen LogP contribution >= 0.6 is 0 Å². The number of rotatable bonds is 0. The molecule has 0 saturated heterocycles. The summed E-state index contributed by atoms with van der Waals surface area (Å²) in [7, 11) is 1.79. The Morgan fingerprint density at radius 1 is 1.43 bits per heavy atom. The predicted molar refractivity (Wildman–Crippen MR) is 51.4 cm³/mol. The molecule has 1 aromatic rings. The van der Waals surface area contributed by atoms with E-state index in [9.17, 15) is 9.59 Å². The van der Waals surface area contributed by atoms with Crippen molar-refractivity contribution >= 4 is 11.7 Å². The maximum Gasteiger partial charge on any atom is 0.253 e. The summed E-state index contributed by atoms with van der Waals surface area (Å²) in [6.07, 6.45) is 2.20. The van der Waals surface area contributed by atoms with Crippen LogP contribution in [-0.4, -0.2) is 22.8 Å². The normalized spacial score (nSPS) is 16.1. The van der Waals surface area contributed by atoms with Crippen LogP contribution in [0.5, 0.6) is 0 Å². The van der Waals surface area contributed by atoms with Gasteiger partial charge in [-0.3, -0.25) is 9.59 Å². The van der Waals surface area contributed by atoms with Crippen LogP contribution in [0, 0.1) is 6.92 Å². The van der Waals surface area contributed by atoms with Gasteiger partial charge in [0.25, 0.3) is 5.91 Å². The van der Waals surface area contributed by atoms with E-state index in [1.54, 1.807) is 11.6 Å². The molecule has 0 unspecified atom stereocenters. The van der Waals surface area contributed by atoms with Crippen molar-refractivity contribution < 1.29 is 9.59 Å². The number of aromatic nitrogens is 1. The summed E-state index contributed by atoms with van der Waals surface area (Å²) < 4.78 is 1.73. The summed E-state index contributed by atoms with van der Waals surface area (Å²) >= 11 is 0. The minimum absolute atomic E-state index is 0.0361. The SMILES string of the molecule is Cc1cn(C)c2c1C(=O)NCCC2=O. The second-order valence-electron chi connectivity index (χ2n) is 3.58. The molecule has 1 aromatic heterocycles.